The van der Waals surface area contributed by atoms with Gasteiger partial charge in [-0.25, -0.2) is 4.98 Å². The maximum atomic E-state index is 12.1. The molecule has 0 atom stereocenters. The van der Waals surface area contributed by atoms with Crippen LogP contribution in [0.4, 0.5) is 10.8 Å². The molecule has 2 rings (SSSR count). The van der Waals surface area contributed by atoms with E-state index in [9.17, 15) is 4.79 Å². The molecule has 0 saturated heterocycles. The standard InChI is InChI=1S/C14H18N4OS/c1-14(2,3)11-8-20-13(16-11)17-12(19)9-4-6-10(18-15)7-5-9/h4-8,18H,15H2,1-3H3,(H,16,17,19). The predicted octanol–water partition coefficient (Wildman–Crippen LogP) is 2.98. The van der Waals surface area contributed by atoms with Gasteiger partial charge in [0.2, 0.25) is 0 Å². The quantitative estimate of drug-likeness (QED) is 0.599. The fourth-order valence-electron chi connectivity index (χ4n) is 1.56. The van der Waals surface area contributed by atoms with E-state index < -0.39 is 0 Å². The van der Waals surface area contributed by atoms with Crippen LogP contribution in [-0.4, -0.2) is 10.9 Å². The number of hydrazine groups is 1. The SMILES string of the molecule is CC(C)(C)c1csc(NC(=O)c2ccc(NN)cc2)n1. The fraction of sp³-hybridized carbons (Fsp3) is 0.286. The molecular formula is C14H18N4OS. The summed E-state index contributed by atoms with van der Waals surface area (Å²) in [5.74, 6) is 5.11. The first-order valence-corrected chi connectivity index (χ1v) is 7.12. The maximum absolute atomic E-state index is 12.1. The highest BCUT2D eigenvalue weighted by Crippen LogP contribution is 2.26. The molecule has 2 aromatic rings. The van der Waals surface area contributed by atoms with Gasteiger partial charge in [0, 0.05) is 22.0 Å². The molecule has 6 heteroatoms. The number of nitrogens with two attached hydrogens (primary N) is 1. The van der Waals surface area contributed by atoms with E-state index in [4.69, 9.17) is 5.84 Å². The van der Waals surface area contributed by atoms with Crippen molar-refractivity contribution < 1.29 is 4.79 Å². The molecule has 20 heavy (non-hydrogen) atoms. The minimum absolute atomic E-state index is 0.0199. The third kappa shape index (κ3) is 3.34. The molecule has 4 N–H and O–H groups in total. The van der Waals surface area contributed by atoms with Gasteiger partial charge in [-0.1, -0.05) is 20.8 Å². The number of nitrogen functional groups attached to an aromatic ring is 1. The molecule has 0 saturated carbocycles. The molecule has 0 aliphatic heterocycles. The summed E-state index contributed by atoms with van der Waals surface area (Å²) in [5, 5.41) is 5.39. The first-order chi connectivity index (χ1) is 9.40. The molecule has 0 aliphatic rings. The van der Waals surface area contributed by atoms with Crippen molar-refractivity contribution in [2.24, 2.45) is 5.84 Å². The molecule has 0 aliphatic carbocycles. The summed E-state index contributed by atoms with van der Waals surface area (Å²) in [5.41, 5.74) is 4.80. The summed E-state index contributed by atoms with van der Waals surface area (Å²) in [4.78, 5) is 16.5. The molecule has 0 spiro atoms. The maximum Gasteiger partial charge on any atom is 0.257 e. The minimum atomic E-state index is -0.177. The summed E-state index contributed by atoms with van der Waals surface area (Å²) in [7, 11) is 0. The number of anilines is 2. The number of hydrogen-bond donors (Lipinski definition) is 3. The first-order valence-electron chi connectivity index (χ1n) is 6.24. The monoisotopic (exact) mass is 290 g/mol. The number of hydrogen-bond acceptors (Lipinski definition) is 5. The third-order valence-corrected chi connectivity index (χ3v) is 3.56. The average molecular weight is 290 g/mol. The lowest BCUT2D eigenvalue weighted by atomic mass is 9.93. The number of benzene rings is 1. The topological polar surface area (TPSA) is 80.0 Å². The van der Waals surface area contributed by atoms with Crippen LogP contribution < -0.4 is 16.6 Å². The summed E-state index contributed by atoms with van der Waals surface area (Å²) in [6.07, 6.45) is 0. The molecule has 0 radical (unpaired) electrons. The van der Waals surface area contributed by atoms with Gasteiger partial charge in [0.05, 0.1) is 5.69 Å². The van der Waals surface area contributed by atoms with E-state index >= 15 is 0 Å². The van der Waals surface area contributed by atoms with Crippen molar-refractivity contribution in [3.63, 3.8) is 0 Å². The molecule has 1 aromatic carbocycles. The van der Waals surface area contributed by atoms with Crippen molar-refractivity contribution in [3.8, 4) is 0 Å². The van der Waals surface area contributed by atoms with Crippen molar-refractivity contribution in [1.82, 2.24) is 4.98 Å². The van der Waals surface area contributed by atoms with Crippen LogP contribution in [0.15, 0.2) is 29.6 Å². The van der Waals surface area contributed by atoms with Crippen LogP contribution in [0.5, 0.6) is 0 Å². The predicted molar refractivity (Wildman–Crippen MR) is 83.0 cm³/mol. The first kappa shape index (κ1) is 14.5. The fourth-order valence-corrected chi connectivity index (χ4v) is 2.49. The molecule has 0 fully saturated rings. The Morgan fingerprint density at radius 2 is 1.90 bits per heavy atom. The second-order valence-electron chi connectivity index (χ2n) is 5.46. The smallest absolute Gasteiger partial charge is 0.257 e. The van der Waals surface area contributed by atoms with E-state index in [1.54, 1.807) is 24.3 Å². The highest BCUT2D eigenvalue weighted by Gasteiger charge is 2.18. The zero-order valence-electron chi connectivity index (χ0n) is 11.7. The van der Waals surface area contributed by atoms with Gasteiger partial charge in [-0.2, -0.15) is 0 Å². The van der Waals surface area contributed by atoms with Crippen molar-refractivity contribution in [2.75, 3.05) is 10.7 Å². The van der Waals surface area contributed by atoms with Crippen molar-refractivity contribution in [2.45, 2.75) is 26.2 Å². The van der Waals surface area contributed by atoms with Crippen molar-refractivity contribution >= 4 is 28.1 Å². The molecule has 0 unspecified atom stereocenters. The lowest BCUT2D eigenvalue weighted by Crippen LogP contribution is -2.14. The normalized spacial score (nSPS) is 11.2. The van der Waals surface area contributed by atoms with Gasteiger partial charge in [-0.3, -0.25) is 16.0 Å². The summed E-state index contributed by atoms with van der Waals surface area (Å²) in [6.45, 7) is 6.27. The number of nitrogens with zero attached hydrogens (tertiary/aromatic N) is 1. The number of nitrogens with one attached hydrogen (secondary N) is 2. The average Bonchev–Trinajstić information content (AvgIpc) is 2.87. The zero-order chi connectivity index (χ0) is 14.8. The Hall–Kier alpha value is -1.92. The molecule has 1 heterocycles. The van der Waals surface area contributed by atoms with Crippen LogP contribution in [0.2, 0.25) is 0 Å². The summed E-state index contributed by atoms with van der Waals surface area (Å²) < 4.78 is 0. The highest BCUT2D eigenvalue weighted by atomic mass is 32.1. The Bertz CT molecular complexity index is 598. The second kappa shape index (κ2) is 5.60. The Balaban J connectivity index is 2.09. The highest BCUT2D eigenvalue weighted by molar-refractivity contribution is 7.14. The molecule has 1 aromatic heterocycles. The lowest BCUT2D eigenvalue weighted by molar-refractivity contribution is 0.102. The molecular weight excluding hydrogens is 272 g/mol. The van der Waals surface area contributed by atoms with Crippen molar-refractivity contribution in [1.29, 1.82) is 0 Å². The van der Waals surface area contributed by atoms with E-state index in [0.29, 0.717) is 10.7 Å². The Labute approximate surface area is 122 Å². The van der Waals surface area contributed by atoms with Crippen LogP contribution >= 0.6 is 11.3 Å². The number of carbonyl (C=O) groups is 1. The van der Waals surface area contributed by atoms with Gasteiger partial charge in [-0.15, -0.1) is 11.3 Å². The lowest BCUT2D eigenvalue weighted by Gasteiger charge is -2.14. The number of carbonyl (C=O) groups excluding carboxylic acids is 1. The summed E-state index contributed by atoms with van der Waals surface area (Å²) >= 11 is 1.43. The van der Waals surface area contributed by atoms with Crippen molar-refractivity contribution in [3.05, 3.63) is 40.9 Å². The molecule has 0 bridgehead atoms. The number of thiazole rings is 1. The number of aromatic nitrogens is 1. The third-order valence-electron chi connectivity index (χ3n) is 2.81. The molecule has 5 nitrogen and oxygen atoms in total. The Kier molecular flexibility index (Phi) is 4.06. The van der Waals surface area contributed by atoms with Crippen LogP contribution in [0.1, 0.15) is 36.8 Å². The zero-order valence-corrected chi connectivity index (χ0v) is 12.5. The van der Waals surface area contributed by atoms with E-state index in [-0.39, 0.29) is 11.3 Å². The Morgan fingerprint density at radius 1 is 1.25 bits per heavy atom. The van der Waals surface area contributed by atoms with E-state index in [0.717, 1.165) is 11.4 Å². The van der Waals surface area contributed by atoms with Crippen LogP contribution in [0.3, 0.4) is 0 Å². The van der Waals surface area contributed by atoms with Crippen LogP contribution in [0.25, 0.3) is 0 Å². The van der Waals surface area contributed by atoms with Crippen LogP contribution in [-0.2, 0) is 5.41 Å². The van der Waals surface area contributed by atoms with Gasteiger partial charge >= 0.3 is 0 Å². The van der Waals surface area contributed by atoms with E-state index in [2.05, 4.69) is 36.5 Å². The van der Waals surface area contributed by atoms with Gasteiger partial charge in [0.25, 0.3) is 5.91 Å². The number of amides is 1. The Morgan fingerprint density at radius 3 is 2.40 bits per heavy atom. The van der Waals surface area contributed by atoms with Gasteiger partial charge in [0.1, 0.15) is 0 Å². The largest absolute Gasteiger partial charge is 0.324 e. The van der Waals surface area contributed by atoms with Gasteiger partial charge < -0.3 is 5.43 Å². The molecule has 106 valence electrons. The van der Waals surface area contributed by atoms with E-state index in [1.807, 2.05) is 5.38 Å². The van der Waals surface area contributed by atoms with Gasteiger partial charge in [0.15, 0.2) is 5.13 Å². The number of rotatable bonds is 3. The second-order valence-corrected chi connectivity index (χ2v) is 6.32. The van der Waals surface area contributed by atoms with E-state index in [1.165, 1.54) is 11.3 Å². The molecule has 1 amide bonds. The minimum Gasteiger partial charge on any atom is -0.324 e. The van der Waals surface area contributed by atoms with Gasteiger partial charge in [-0.05, 0) is 24.3 Å². The summed E-state index contributed by atoms with van der Waals surface area (Å²) in [6, 6.07) is 6.92. The van der Waals surface area contributed by atoms with Crippen LogP contribution in [0, 0.1) is 0 Å².